The third-order valence-corrected chi connectivity index (χ3v) is 11.0. The van der Waals surface area contributed by atoms with E-state index in [0.29, 0.717) is 23.5 Å². The summed E-state index contributed by atoms with van der Waals surface area (Å²) in [6, 6.07) is 0. The van der Waals surface area contributed by atoms with E-state index in [0.717, 1.165) is 64.4 Å². The molecule has 5 nitrogen and oxygen atoms in total. The summed E-state index contributed by atoms with van der Waals surface area (Å²) >= 11 is 0. The number of aliphatic hydroxyl groups excluding tert-OH is 2. The first kappa shape index (κ1) is 23.3. The Kier molecular flexibility index (Phi) is 5.84. The van der Waals surface area contributed by atoms with E-state index in [-0.39, 0.29) is 47.4 Å². The van der Waals surface area contributed by atoms with Crippen molar-refractivity contribution in [2.24, 2.45) is 46.3 Å². The molecule has 32 heavy (non-hydrogen) atoms. The normalized spacial score (nSPS) is 55.8. The van der Waals surface area contributed by atoms with Crippen LogP contribution in [0.4, 0.5) is 0 Å². The van der Waals surface area contributed by atoms with E-state index in [9.17, 15) is 15.0 Å². The molecule has 182 valence electrons. The van der Waals surface area contributed by atoms with Crippen LogP contribution in [0.3, 0.4) is 0 Å². The topological polar surface area (TPSA) is 76.0 Å². The van der Waals surface area contributed by atoms with Gasteiger partial charge in [0, 0.05) is 30.3 Å². The van der Waals surface area contributed by atoms with Crippen molar-refractivity contribution in [3.8, 4) is 0 Å². The molecule has 2 aliphatic heterocycles. The van der Waals surface area contributed by atoms with E-state index in [1.165, 1.54) is 0 Å². The molecule has 1 spiro atoms. The molecule has 3 aliphatic carbocycles. The standard InChI is InChI=1S/C27H44O5/c1-16-7-10-27(31-15-16)17(2)23-22(32-27)14-21(26(23,4)11-12-28)20-6-5-18-13-19(29)8-9-25(18,3)24(20)30/h16-23,28-29H,5-15H2,1-4H3/t16-,17+,18+,19+,20+,21+,22+,23+,25+,26+,27-/m1/s1. The van der Waals surface area contributed by atoms with Gasteiger partial charge in [-0.2, -0.15) is 0 Å². The van der Waals surface area contributed by atoms with Gasteiger partial charge in [0.2, 0.25) is 0 Å². The fourth-order valence-electron chi connectivity index (χ4n) is 9.00. The summed E-state index contributed by atoms with van der Waals surface area (Å²) in [5.41, 5.74) is -0.414. The summed E-state index contributed by atoms with van der Waals surface area (Å²) < 4.78 is 13.2. The monoisotopic (exact) mass is 448 g/mol. The molecule has 0 unspecified atom stereocenters. The molecule has 5 rings (SSSR count). The first-order valence-corrected chi connectivity index (χ1v) is 13.3. The van der Waals surface area contributed by atoms with E-state index < -0.39 is 5.79 Å². The average molecular weight is 449 g/mol. The zero-order chi connectivity index (χ0) is 22.9. The molecule has 5 fully saturated rings. The van der Waals surface area contributed by atoms with Gasteiger partial charge in [-0.1, -0.05) is 27.7 Å². The molecule has 0 radical (unpaired) electrons. The molecule has 2 saturated heterocycles. The molecule has 2 N–H and O–H groups in total. The molecule has 5 heteroatoms. The van der Waals surface area contributed by atoms with Crippen LogP contribution in [0.2, 0.25) is 0 Å². The minimum Gasteiger partial charge on any atom is -0.396 e. The van der Waals surface area contributed by atoms with Gasteiger partial charge in [0.05, 0.1) is 18.8 Å². The average Bonchev–Trinajstić information content (AvgIpc) is 3.18. The zero-order valence-electron chi connectivity index (χ0n) is 20.5. The van der Waals surface area contributed by atoms with Crippen molar-refractivity contribution >= 4 is 5.78 Å². The summed E-state index contributed by atoms with van der Waals surface area (Å²) in [5.74, 6) is 1.74. The number of hydrogen-bond acceptors (Lipinski definition) is 5. The Morgan fingerprint density at radius 1 is 1.06 bits per heavy atom. The lowest BCUT2D eigenvalue weighted by molar-refractivity contribution is -0.272. The van der Waals surface area contributed by atoms with Crippen molar-refractivity contribution in [3.63, 3.8) is 0 Å². The van der Waals surface area contributed by atoms with Gasteiger partial charge in [0.25, 0.3) is 0 Å². The van der Waals surface area contributed by atoms with E-state index in [4.69, 9.17) is 9.47 Å². The van der Waals surface area contributed by atoms with Crippen molar-refractivity contribution in [3.05, 3.63) is 0 Å². The van der Waals surface area contributed by atoms with Crippen molar-refractivity contribution in [2.75, 3.05) is 13.2 Å². The van der Waals surface area contributed by atoms with Crippen molar-refractivity contribution in [2.45, 2.75) is 103 Å². The highest BCUT2D eigenvalue weighted by atomic mass is 16.7. The minimum atomic E-state index is -0.476. The van der Waals surface area contributed by atoms with Crippen LogP contribution in [-0.2, 0) is 14.3 Å². The van der Waals surface area contributed by atoms with Crippen LogP contribution >= 0.6 is 0 Å². The second-order valence-corrected chi connectivity index (χ2v) is 12.6. The van der Waals surface area contributed by atoms with E-state index in [2.05, 4.69) is 27.7 Å². The molecule has 11 atom stereocenters. The highest BCUT2D eigenvalue weighted by Gasteiger charge is 2.67. The molecular weight excluding hydrogens is 404 g/mol. The first-order chi connectivity index (χ1) is 15.1. The Labute approximate surface area is 193 Å². The predicted octanol–water partition coefficient (Wildman–Crippen LogP) is 4.34. The smallest absolute Gasteiger partial charge is 0.171 e. The summed E-state index contributed by atoms with van der Waals surface area (Å²) in [4.78, 5) is 14.0. The maximum atomic E-state index is 14.0. The number of ether oxygens (including phenoxy) is 2. The number of carbonyl (C=O) groups excluding carboxylic acids is 1. The summed E-state index contributed by atoms with van der Waals surface area (Å²) in [6.45, 7) is 9.95. The van der Waals surface area contributed by atoms with Crippen molar-refractivity contribution in [1.82, 2.24) is 0 Å². The lowest BCUT2D eigenvalue weighted by atomic mass is 9.52. The van der Waals surface area contributed by atoms with Crippen LogP contribution in [0.15, 0.2) is 0 Å². The summed E-state index contributed by atoms with van der Waals surface area (Å²) in [6.07, 6.45) is 7.88. The van der Waals surface area contributed by atoms with E-state index in [1.807, 2.05) is 0 Å². The molecule has 0 amide bonds. The SMILES string of the molecule is C[C@@H]1CC[C@@]2(OC1)O[C@H]1C[C@@H]([C@@H]3CC[C@H]4C[C@@H](O)CC[C@]4(C)C3=O)[C@](C)(CCO)[C@H]1[C@@H]2C. The van der Waals surface area contributed by atoms with Gasteiger partial charge in [0.15, 0.2) is 5.79 Å². The van der Waals surface area contributed by atoms with E-state index >= 15 is 0 Å². The first-order valence-electron chi connectivity index (χ1n) is 13.3. The fraction of sp³-hybridized carbons (Fsp3) is 0.963. The molecule has 3 saturated carbocycles. The number of ketones is 1. The molecule has 0 bridgehead atoms. The second-order valence-electron chi connectivity index (χ2n) is 12.6. The Morgan fingerprint density at radius 3 is 2.53 bits per heavy atom. The van der Waals surface area contributed by atoms with Gasteiger partial charge in [0.1, 0.15) is 5.78 Å². The third kappa shape index (κ3) is 3.28. The minimum absolute atomic E-state index is 0.0488. The van der Waals surface area contributed by atoms with Gasteiger partial charge in [-0.3, -0.25) is 4.79 Å². The maximum absolute atomic E-state index is 14.0. The van der Waals surface area contributed by atoms with Gasteiger partial charge in [-0.05, 0) is 80.5 Å². The number of rotatable bonds is 3. The Morgan fingerprint density at radius 2 is 1.84 bits per heavy atom. The Hall–Kier alpha value is -0.490. The van der Waals surface area contributed by atoms with Crippen LogP contribution in [0.25, 0.3) is 0 Å². The van der Waals surface area contributed by atoms with Crippen LogP contribution in [0, 0.1) is 46.3 Å². The number of fused-ring (bicyclic) bond motifs is 2. The molecule has 2 heterocycles. The molecule has 0 aromatic carbocycles. The summed E-state index contributed by atoms with van der Waals surface area (Å²) in [5, 5.41) is 20.3. The largest absolute Gasteiger partial charge is 0.396 e. The highest BCUT2D eigenvalue weighted by molar-refractivity contribution is 5.88. The lowest BCUT2D eigenvalue weighted by Gasteiger charge is -2.51. The highest BCUT2D eigenvalue weighted by Crippen LogP contribution is 2.66. The third-order valence-electron chi connectivity index (χ3n) is 11.0. The number of Topliss-reactive ketones (excluding diaryl/α,β-unsaturated/α-hetero) is 1. The van der Waals surface area contributed by atoms with Crippen LogP contribution < -0.4 is 0 Å². The van der Waals surface area contributed by atoms with Gasteiger partial charge < -0.3 is 19.7 Å². The van der Waals surface area contributed by atoms with Crippen molar-refractivity contribution in [1.29, 1.82) is 0 Å². The molecule has 5 aliphatic rings. The summed E-state index contributed by atoms with van der Waals surface area (Å²) in [7, 11) is 0. The molecule has 0 aromatic rings. The van der Waals surface area contributed by atoms with Gasteiger partial charge in [-0.25, -0.2) is 0 Å². The quantitative estimate of drug-likeness (QED) is 0.672. The Bertz CT molecular complexity index is 730. The lowest BCUT2D eigenvalue weighted by Crippen LogP contribution is -2.52. The van der Waals surface area contributed by atoms with Gasteiger partial charge in [-0.15, -0.1) is 0 Å². The zero-order valence-corrected chi connectivity index (χ0v) is 20.5. The Balaban J connectivity index is 1.41. The van der Waals surface area contributed by atoms with Crippen LogP contribution in [0.5, 0.6) is 0 Å². The van der Waals surface area contributed by atoms with Gasteiger partial charge >= 0.3 is 0 Å². The molecule has 0 aromatic heterocycles. The number of aliphatic hydroxyl groups is 2. The van der Waals surface area contributed by atoms with E-state index in [1.54, 1.807) is 0 Å². The fourth-order valence-corrected chi connectivity index (χ4v) is 9.00. The number of carbonyl (C=O) groups is 1. The maximum Gasteiger partial charge on any atom is 0.171 e. The second kappa shape index (κ2) is 8.03. The number of hydrogen-bond donors (Lipinski definition) is 2. The van der Waals surface area contributed by atoms with Crippen LogP contribution in [0.1, 0.15) is 85.5 Å². The van der Waals surface area contributed by atoms with Crippen LogP contribution in [-0.4, -0.2) is 47.2 Å². The predicted molar refractivity (Wildman–Crippen MR) is 122 cm³/mol. The van der Waals surface area contributed by atoms with Crippen molar-refractivity contribution < 1.29 is 24.5 Å². The molecular formula is C27H44O5.